The van der Waals surface area contributed by atoms with E-state index in [-0.39, 0.29) is 0 Å². The molecule has 0 amide bonds. The maximum Gasteiger partial charge on any atom is 0.324 e. The van der Waals surface area contributed by atoms with Crippen LogP contribution in [0.25, 0.3) is 5.57 Å². The van der Waals surface area contributed by atoms with E-state index in [4.69, 9.17) is 9.47 Å². The molecule has 0 unspecified atom stereocenters. The molecule has 0 aliphatic rings. The van der Waals surface area contributed by atoms with Gasteiger partial charge in [-0.3, -0.25) is 9.59 Å². The van der Waals surface area contributed by atoms with Crippen LogP contribution in [0.3, 0.4) is 0 Å². The predicted molar refractivity (Wildman–Crippen MR) is 81.5 cm³/mol. The number of rotatable bonds is 7. The van der Waals surface area contributed by atoms with Crippen LogP contribution >= 0.6 is 0 Å². The second-order valence-electron chi connectivity index (χ2n) is 4.65. The summed E-state index contributed by atoms with van der Waals surface area (Å²) in [6.07, 6.45) is 4.76. The van der Waals surface area contributed by atoms with Gasteiger partial charge in [-0.15, -0.1) is 0 Å². The van der Waals surface area contributed by atoms with Crippen molar-refractivity contribution < 1.29 is 19.1 Å². The van der Waals surface area contributed by atoms with E-state index in [0.717, 1.165) is 24.8 Å². The van der Waals surface area contributed by atoms with Crippen LogP contribution in [0, 0.1) is 5.92 Å². The molecule has 4 heteroatoms. The first kappa shape index (κ1) is 17.0. The summed E-state index contributed by atoms with van der Waals surface area (Å²) < 4.78 is 9.53. The van der Waals surface area contributed by atoms with Gasteiger partial charge in [0.15, 0.2) is 5.92 Å². The Morgan fingerprint density at radius 3 is 2.14 bits per heavy atom. The summed E-state index contributed by atoms with van der Waals surface area (Å²) in [5, 5.41) is 0. The first-order chi connectivity index (χ1) is 10.2. The standard InChI is InChI=1S/C17H22O4/c1-4-5-7-12-14(13-10-8-6-9-11-13)15(16(18)20-2)17(19)21-3/h6,8-12,15H,4-5,7H2,1-3H3/b14-12+. The number of methoxy groups -OCH3 is 2. The minimum Gasteiger partial charge on any atom is -0.468 e. The molecule has 0 bridgehead atoms. The summed E-state index contributed by atoms with van der Waals surface area (Å²) >= 11 is 0. The molecule has 0 radical (unpaired) electrons. The van der Waals surface area contributed by atoms with E-state index >= 15 is 0 Å². The average molecular weight is 290 g/mol. The molecule has 0 N–H and O–H groups in total. The van der Waals surface area contributed by atoms with Crippen LogP contribution in [0.1, 0.15) is 31.7 Å². The number of carbonyl (C=O) groups excluding carboxylic acids is 2. The third-order valence-corrected chi connectivity index (χ3v) is 3.21. The SMILES string of the molecule is CCCC/C=C(\c1ccccc1)C(C(=O)OC)C(=O)OC. The normalized spacial score (nSPS) is 11.3. The Labute approximate surface area is 125 Å². The number of hydrogen-bond acceptors (Lipinski definition) is 4. The van der Waals surface area contributed by atoms with Crippen molar-refractivity contribution in [1.82, 2.24) is 0 Å². The fraction of sp³-hybridized carbons (Fsp3) is 0.412. The third kappa shape index (κ3) is 4.74. The summed E-state index contributed by atoms with van der Waals surface area (Å²) in [6, 6.07) is 9.37. The molecule has 114 valence electrons. The zero-order chi connectivity index (χ0) is 15.7. The lowest BCUT2D eigenvalue weighted by Crippen LogP contribution is -2.27. The Bertz CT molecular complexity index is 475. The van der Waals surface area contributed by atoms with Crippen molar-refractivity contribution >= 4 is 17.5 Å². The van der Waals surface area contributed by atoms with Crippen LogP contribution < -0.4 is 0 Å². The van der Waals surface area contributed by atoms with Gasteiger partial charge < -0.3 is 9.47 Å². The largest absolute Gasteiger partial charge is 0.468 e. The zero-order valence-corrected chi connectivity index (χ0v) is 12.8. The molecule has 0 aliphatic carbocycles. The molecule has 0 aliphatic heterocycles. The number of benzene rings is 1. The van der Waals surface area contributed by atoms with Crippen LogP contribution in [-0.2, 0) is 19.1 Å². The van der Waals surface area contributed by atoms with Crippen molar-refractivity contribution in [1.29, 1.82) is 0 Å². The van der Waals surface area contributed by atoms with Gasteiger partial charge in [-0.05, 0) is 17.6 Å². The van der Waals surface area contributed by atoms with Gasteiger partial charge in [0.1, 0.15) is 0 Å². The third-order valence-electron chi connectivity index (χ3n) is 3.21. The van der Waals surface area contributed by atoms with Gasteiger partial charge in [0.2, 0.25) is 0 Å². The summed E-state index contributed by atoms with van der Waals surface area (Å²) in [4.78, 5) is 24.0. The molecule has 4 nitrogen and oxygen atoms in total. The van der Waals surface area contributed by atoms with E-state index in [9.17, 15) is 9.59 Å². The molecule has 21 heavy (non-hydrogen) atoms. The Hall–Kier alpha value is -2.10. The maximum atomic E-state index is 12.0. The summed E-state index contributed by atoms with van der Waals surface area (Å²) in [7, 11) is 2.54. The van der Waals surface area contributed by atoms with E-state index in [1.807, 2.05) is 36.4 Å². The van der Waals surface area contributed by atoms with Crippen LogP contribution in [0.5, 0.6) is 0 Å². The second-order valence-corrected chi connectivity index (χ2v) is 4.65. The highest BCUT2D eigenvalue weighted by Gasteiger charge is 2.33. The van der Waals surface area contributed by atoms with Gasteiger partial charge in [0.25, 0.3) is 0 Å². The van der Waals surface area contributed by atoms with Crippen LogP contribution in [0.15, 0.2) is 36.4 Å². The summed E-state index contributed by atoms with van der Waals surface area (Å²) in [6.45, 7) is 2.09. The molecule has 0 atom stereocenters. The van der Waals surface area contributed by atoms with Crippen molar-refractivity contribution in [2.24, 2.45) is 5.92 Å². The Kier molecular flexibility index (Phi) is 7.23. The van der Waals surface area contributed by atoms with Crippen molar-refractivity contribution in [3.8, 4) is 0 Å². The predicted octanol–water partition coefficient (Wildman–Crippen LogP) is 3.22. The van der Waals surface area contributed by atoms with Crippen molar-refractivity contribution in [3.05, 3.63) is 42.0 Å². The topological polar surface area (TPSA) is 52.6 Å². The smallest absolute Gasteiger partial charge is 0.324 e. The molecule has 0 fully saturated rings. The molecule has 0 aromatic heterocycles. The van der Waals surface area contributed by atoms with Gasteiger partial charge in [-0.2, -0.15) is 0 Å². The zero-order valence-electron chi connectivity index (χ0n) is 12.8. The lowest BCUT2D eigenvalue weighted by Gasteiger charge is -2.17. The first-order valence-electron chi connectivity index (χ1n) is 7.06. The molecule has 1 aromatic carbocycles. The minimum atomic E-state index is -1.04. The fourth-order valence-electron chi connectivity index (χ4n) is 2.08. The Morgan fingerprint density at radius 1 is 1.10 bits per heavy atom. The Balaban J connectivity index is 3.22. The van der Waals surface area contributed by atoms with E-state index in [2.05, 4.69) is 6.92 Å². The number of unbranched alkanes of at least 4 members (excludes halogenated alkanes) is 2. The highest BCUT2D eigenvalue weighted by Crippen LogP contribution is 2.27. The number of esters is 2. The van der Waals surface area contributed by atoms with Crippen LogP contribution in [0.4, 0.5) is 0 Å². The highest BCUT2D eigenvalue weighted by atomic mass is 16.5. The van der Waals surface area contributed by atoms with E-state index in [1.54, 1.807) is 0 Å². The van der Waals surface area contributed by atoms with Crippen LogP contribution in [0.2, 0.25) is 0 Å². The number of hydrogen-bond donors (Lipinski definition) is 0. The fourth-order valence-corrected chi connectivity index (χ4v) is 2.08. The van der Waals surface area contributed by atoms with Crippen molar-refractivity contribution in [3.63, 3.8) is 0 Å². The van der Waals surface area contributed by atoms with Gasteiger partial charge >= 0.3 is 11.9 Å². The first-order valence-corrected chi connectivity index (χ1v) is 7.06. The minimum absolute atomic E-state index is 0.603. The lowest BCUT2D eigenvalue weighted by molar-refractivity contribution is -0.155. The van der Waals surface area contributed by atoms with E-state index < -0.39 is 17.9 Å². The van der Waals surface area contributed by atoms with Gasteiger partial charge in [-0.25, -0.2) is 0 Å². The molecular formula is C17H22O4. The average Bonchev–Trinajstić information content (AvgIpc) is 2.54. The van der Waals surface area contributed by atoms with Gasteiger partial charge in [0.05, 0.1) is 14.2 Å². The molecule has 0 saturated carbocycles. The second kappa shape index (κ2) is 8.95. The number of allylic oxidation sites excluding steroid dienone is 1. The van der Waals surface area contributed by atoms with E-state index in [0.29, 0.717) is 5.57 Å². The quantitative estimate of drug-likeness (QED) is 0.439. The monoisotopic (exact) mass is 290 g/mol. The lowest BCUT2D eigenvalue weighted by atomic mass is 9.91. The van der Waals surface area contributed by atoms with Crippen molar-refractivity contribution in [2.75, 3.05) is 14.2 Å². The molecule has 1 aromatic rings. The Morgan fingerprint density at radius 2 is 1.67 bits per heavy atom. The van der Waals surface area contributed by atoms with Gasteiger partial charge in [-0.1, -0.05) is 56.2 Å². The molecule has 1 rings (SSSR count). The molecule has 0 saturated heterocycles. The van der Waals surface area contributed by atoms with Gasteiger partial charge in [0, 0.05) is 0 Å². The molecule has 0 spiro atoms. The van der Waals surface area contributed by atoms with E-state index in [1.165, 1.54) is 14.2 Å². The number of carbonyl (C=O) groups is 2. The summed E-state index contributed by atoms with van der Waals surface area (Å²) in [5.41, 5.74) is 1.47. The molecular weight excluding hydrogens is 268 g/mol. The maximum absolute atomic E-state index is 12.0. The van der Waals surface area contributed by atoms with Crippen LogP contribution in [-0.4, -0.2) is 26.2 Å². The van der Waals surface area contributed by atoms with Crippen molar-refractivity contribution in [2.45, 2.75) is 26.2 Å². The highest BCUT2D eigenvalue weighted by molar-refractivity contribution is 6.06. The molecule has 0 heterocycles. The summed E-state index contributed by atoms with van der Waals surface area (Å²) in [5.74, 6) is -2.25. The number of ether oxygens (including phenoxy) is 2.